The van der Waals surface area contributed by atoms with E-state index in [9.17, 15) is 18.0 Å². The van der Waals surface area contributed by atoms with Gasteiger partial charge in [0.15, 0.2) is 0 Å². The lowest BCUT2D eigenvalue weighted by atomic mass is 9.87. The number of amides is 1. The minimum atomic E-state index is -3.63. The molecule has 0 radical (unpaired) electrons. The van der Waals surface area contributed by atoms with Crippen LogP contribution in [-0.2, 0) is 20.2 Å². The predicted molar refractivity (Wildman–Crippen MR) is 118 cm³/mol. The molecule has 1 heterocycles. The molecular formula is C23H28N2O5S. The molecule has 0 aliphatic carbocycles. The van der Waals surface area contributed by atoms with Gasteiger partial charge in [0.25, 0.3) is 5.91 Å². The highest BCUT2D eigenvalue weighted by atomic mass is 32.2. The number of esters is 1. The molecule has 8 heteroatoms. The molecule has 0 spiro atoms. The number of carbonyl (C=O) groups is 2. The van der Waals surface area contributed by atoms with E-state index in [-0.39, 0.29) is 42.4 Å². The van der Waals surface area contributed by atoms with Crippen molar-refractivity contribution in [1.29, 1.82) is 0 Å². The van der Waals surface area contributed by atoms with Gasteiger partial charge in [-0.15, -0.1) is 0 Å². The van der Waals surface area contributed by atoms with Crippen molar-refractivity contribution in [1.82, 2.24) is 9.21 Å². The van der Waals surface area contributed by atoms with Gasteiger partial charge in [-0.2, -0.15) is 4.31 Å². The summed E-state index contributed by atoms with van der Waals surface area (Å²) in [5.41, 5.74) is 1.68. The molecule has 0 N–H and O–H groups in total. The van der Waals surface area contributed by atoms with Crippen molar-refractivity contribution in [2.75, 3.05) is 33.3 Å². The van der Waals surface area contributed by atoms with Crippen LogP contribution >= 0.6 is 0 Å². The van der Waals surface area contributed by atoms with Crippen LogP contribution in [0, 0.1) is 0 Å². The number of nitrogens with zero attached hydrogens (tertiary/aromatic N) is 2. The summed E-state index contributed by atoms with van der Waals surface area (Å²) in [5.74, 6) is -0.750. The number of hydrogen-bond acceptors (Lipinski definition) is 5. The molecule has 31 heavy (non-hydrogen) atoms. The third-order valence-corrected chi connectivity index (χ3v) is 7.33. The van der Waals surface area contributed by atoms with Crippen LogP contribution in [0.25, 0.3) is 0 Å². The van der Waals surface area contributed by atoms with Gasteiger partial charge >= 0.3 is 5.97 Å². The van der Waals surface area contributed by atoms with Crippen LogP contribution in [0.2, 0.25) is 0 Å². The Hall–Kier alpha value is -2.71. The molecule has 0 atom stereocenters. The molecule has 1 fully saturated rings. The van der Waals surface area contributed by atoms with Crippen LogP contribution < -0.4 is 0 Å². The second kappa shape index (κ2) is 8.80. The van der Waals surface area contributed by atoms with Crippen molar-refractivity contribution in [2.45, 2.75) is 31.1 Å². The number of ether oxygens (including phenoxy) is 1. The van der Waals surface area contributed by atoms with Gasteiger partial charge < -0.3 is 9.64 Å². The zero-order valence-electron chi connectivity index (χ0n) is 18.3. The summed E-state index contributed by atoms with van der Waals surface area (Å²) in [6.45, 7) is 7.22. The number of piperazine rings is 1. The van der Waals surface area contributed by atoms with E-state index in [0.717, 1.165) is 5.56 Å². The van der Waals surface area contributed by atoms with Gasteiger partial charge in [0.1, 0.15) is 0 Å². The molecule has 2 aromatic rings. The molecule has 1 aliphatic rings. The van der Waals surface area contributed by atoms with E-state index in [4.69, 9.17) is 4.74 Å². The van der Waals surface area contributed by atoms with Gasteiger partial charge in [-0.25, -0.2) is 13.2 Å². The van der Waals surface area contributed by atoms with E-state index in [1.54, 1.807) is 35.2 Å². The number of sulfonamides is 1. The Morgan fingerprint density at radius 2 is 1.48 bits per heavy atom. The molecule has 0 unspecified atom stereocenters. The first-order chi connectivity index (χ1) is 14.5. The van der Waals surface area contributed by atoms with Gasteiger partial charge in [0.05, 0.1) is 17.6 Å². The SMILES string of the molecule is COC(=O)c1cccc(C(=O)N2CCN(S(=O)(=O)c3ccc(C(C)(C)C)cc3)CC2)c1. The van der Waals surface area contributed by atoms with Crippen molar-refractivity contribution in [2.24, 2.45) is 0 Å². The predicted octanol–water partition coefficient (Wildman–Crippen LogP) is 2.92. The molecule has 166 valence electrons. The topological polar surface area (TPSA) is 84.0 Å². The van der Waals surface area contributed by atoms with Gasteiger partial charge in [0.2, 0.25) is 10.0 Å². The lowest BCUT2D eigenvalue weighted by Crippen LogP contribution is -2.50. The molecule has 3 rings (SSSR count). The third-order valence-electron chi connectivity index (χ3n) is 5.41. The Morgan fingerprint density at radius 3 is 2.03 bits per heavy atom. The van der Waals surface area contributed by atoms with Gasteiger partial charge in [-0.1, -0.05) is 39.0 Å². The third kappa shape index (κ3) is 4.97. The number of rotatable bonds is 4. The van der Waals surface area contributed by atoms with Crippen molar-refractivity contribution in [3.63, 3.8) is 0 Å². The highest BCUT2D eigenvalue weighted by molar-refractivity contribution is 7.89. The zero-order valence-corrected chi connectivity index (χ0v) is 19.1. The minimum Gasteiger partial charge on any atom is -0.465 e. The van der Waals surface area contributed by atoms with Crippen LogP contribution in [0.15, 0.2) is 53.4 Å². The van der Waals surface area contributed by atoms with E-state index in [0.29, 0.717) is 11.1 Å². The first-order valence-electron chi connectivity index (χ1n) is 10.1. The number of carbonyl (C=O) groups excluding carboxylic acids is 2. The van der Waals surface area contributed by atoms with E-state index in [1.165, 1.54) is 17.5 Å². The fraction of sp³-hybridized carbons (Fsp3) is 0.391. The van der Waals surface area contributed by atoms with E-state index < -0.39 is 16.0 Å². The van der Waals surface area contributed by atoms with Crippen LogP contribution in [0.4, 0.5) is 0 Å². The summed E-state index contributed by atoms with van der Waals surface area (Å²) < 4.78 is 32.1. The van der Waals surface area contributed by atoms with Gasteiger partial charge in [-0.05, 0) is 41.3 Å². The van der Waals surface area contributed by atoms with Crippen molar-refractivity contribution < 1.29 is 22.7 Å². The monoisotopic (exact) mass is 444 g/mol. The highest BCUT2D eigenvalue weighted by Gasteiger charge is 2.31. The van der Waals surface area contributed by atoms with E-state index in [1.807, 2.05) is 12.1 Å². The molecule has 0 bridgehead atoms. The molecule has 7 nitrogen and oxygen atoms in total. The summed E-state index contributed by atoms with van der Waals surface area (Å²) in [5, 5.41) is 0. The van der Waals surface area contributed by atoms with E-state index in [2.05, 4.69) is 20.8 Å². The smallest absolute Gasteiger partial charge is 0.337 e. The normalized spacial score (nSPS) is 15.5. The number of methoxy groups -OCH3 is 1. The maximum Gasteiger partial charge on any atom is 0.337 e. The molecule has 1 aliphatic heterocycles. The summed E-state index contributed by atoms with van der Waals surface area (Å²) in [4.78, 5) is 26.4. The van der Waals surface area contributed by atoms with Crippen LogP contribution in [0.5, 0.6) is 0 Å². The second-order valence-corrected chi connectivity index (χ2v) is 10.5. The van der Waals surface area contributed by atoms with Crippen molar-refractivity contribution >= 4 is 21.9 Å². The molecule has 0 saturated carbocycles. The van der Waals surface area contributed by atoms with Crippen LogP contribution in [0.3, 0.4) is 0 Å². The number of hydrogen-bond donors (Lipinski definition) is 0. The average Bonchev–Trinajstić information content (AvgIpc) is 2.77. The molecular weight excluding hydrogens is 416 g/mol. The Labute approximate surface area is 183 Å². The second-order valence-electron chi connectivity index (χ2n) is 8.54. The Balaban J connectivity index is 1.69. The highest BCUT2D eigenvalue weighted by Crippen LogP contribution is 2.25. The quantitative estimate of drug-likeness (QED) is 0.677. The molecule has 1 saturated heterocycles. The van der Waals surface area contributed by atoms with Gasteiger partial charge in [0, 0.05) is 31.7 Å². The molecule has 1 amide bonds. The zero-order chi connectivity index (χ0) is 22.8. The van der Waals surface area contributed by atoms with Crippen molar-refractivity contribution in [3.8, 4) is 0 Å². The van der Waals surface area contributed by atoms with Crippen molar-refractivity contribution in [3.05, 3.63) is 65.2 Å². The minimum absolute atomic E-state index is 0.0561. The Morgan fingerprint density at radius 1 is 0.903 bits per heavy atom. The standard InChI is InChI=1S/C23H28N2O5S/c1-23(2,3)19-8-10-20(11-9-19)31(28,29)25-14-12-24(13-15-25)21(26)17-6-5-7-18(16-17)22(27)30-4/h5-11,16H,12-15H2,1-4H3. The molecule has 2 aromatic carbocycles. The van der Waals surface area contributed by atoms with E-state index >= 15 is 0 Å². The Kier molecular flexibility index (Phi) is 6.52. The first kappa shape index (κ1) is 23.0. The first-order valence-corrected chi connectivity index (χ1v) is 11.6. The lowest BCUT2D eigenvalue weighted by molar-refractivity contribution is 0.0600. The summed E-state index contributed by atoms with van der Waals surface area (Å²) in [6, 6.07) is 13.3. The maximum absolute atomic E-state index is 13.0. The largest absolute Gasteiger partial charge is 0.465 e. The lowest BCUT2D eigenvalue weighted by Gasteiger charge is -2.34. The Bertz CT molecular complexity index is 1060. The summed E-state index contributed by atoms with van der Waals surface area (Å²) >= 11 is 0. The average molecular weight is 445 g/mol. The number of benzene rings is 2. The summed E-state index contributed by atoms with van der Waals surface area (Å²) in [7, 11) is -2.34. The fourth-order valence-electron chi connectivity index (χ4n) is 3.49. The molecule has 0 aromatic heterocycles. The van der Waals surface area contributed by atoms with Crippen LogP contribution in [-0.4, -0.2) is 62.8 Å². The van der Waals surface area contributed by atoms with Gasteiger partial charge in [-0.3, -0.25) is 4.79 Å². The maximum atomic E-state index is 13.0. The fourth-order valence-corrected chi connectivity index (χ4v) is 4.91. The van der Waals surface area contributed by atoms with Crippen LogP contribution in [0.1, 0.15) is 47.1 Å². The summed E-state index contributed by atoms with van der Waals surface area (Å²) in [6.07, 6.45) is 0.